The standard InChI is InChI=1S/C17H17N3O2S/c1-11-19-14-8-7-13(9-16(14)23-11)20-17(21)18-10-12-5-3-4-6-15(12)22-2/h3-9H,10H2,1-2H3,(H2,18,20,21). The van der Waals surface area contributed by atoms with Crippen LogP contribution in [0, 0.1) is 6.92 Å². The predicted octanol–water partition coefficient (Wildman–Crippen LogP) is 3.94. The first-order valence-electron chi connectivity index (χ1n) is 7.19. The van der Waals surface area contributed by atoms with E-state index in [4.69, 9.17) is 4.74 Å². The zero-order valence-electron chi connectivity index (χ0n) is 12.9. The quantitative estimate of drug-likeness (QED) is 0.763. The van der Waals surface area contributed by atoms with Crippen LogP contribution in [-0.2, 0) is 6.54 Å². The normalized spacial score (nSPS) is 10.5. The van der Waals surface area contributed by atoms with Gasteiger partial charge in [0.05, 0.1) is 22.3 Å². The Bertz CT molecular complexity index is 845. The van der Waals surface area contributed by atoms with Crippen molar-refractivity contribution in [3.05, 3.63) is 53.0 Å². The fourth-order valence-corrected chi connectivity index (χ4v) is 3.18. The van der Waals surface area contributed by atoms with Crippen molar-refractivity contribution >= 4 is 33.3 Å². The van der Waals surface area contributed by atoms with Crippen LogP contribution in [0.25, 0.3) is 10.2 Å². The van der Waals surface area contributed by atoms with Crippen molar-refractivity contribution in [2.75, 3.05) is 12.4 Å². The molecule has 118 valence electrons. The van der Waals surface area contributed by atoms with Crippen molar-refractivity contribution in [3.8, 4) is 5.75 Å². The number of ether oxygens (including phenoxy) is 1. The maximum absolute atomic E-state index is 12.1. The highest BCUT2D eigenvalue weighted by Crippen LogP contribution is 2.24. The third-order valence-electron chi connectivity index (χ3n) is 3.39. The number of aromatic nitrogens is 1. The molecule has 3 rings (SSSR count). The summed E-state index contributed by atoms with van der Waals surface area (Å²) in [5.74, 6) is 0.759. The molecule has 23 heavy (non-hydrogen) atoms. The number of hydrogen-bond acceptors (Lipinski definition) is 4. The van der Waals surface area contributed by atoms with E-state index in [1.54, 1.807) is 18.4 Å². The second kappa shape index (κ2) is 6.66. The van der Waals surface area contributed by atoms with Crippen molar-refractivity contribution in [1.29, 1.82) is 0 Å². The third-order valence-corrected chi connectivity index (χ3v) is 4.32. The van der Waals surface area contributed by atoms with Crippen molar-refractivity contribution in [3.63, 3.8) is 0 Å². The Morgan fingerprint density at radius 3 is 2.91 bits per heavy atom. The highest BCUT2D eigenvalue weighted by Gasteiger charge is 2.07. The van der Waals surface area contributed by atoms with Crippen LogP contribution in [0.1, 0.15) is 10.6 Å². The molecular formula is C17H17N3O2S. The number of carbonyl (C=O) groups is 1. The number of thiazole rings is 1. The molecule has 3 aromatic rings. The van der Waals surface area contributed by atoms with Gasteiger partial charge in [-0.1, -0.05) is 18.2 Å². The van der Waals surface area contributed by atoms with E-state index in [2.05, 4.69) is 15.6 Å². The molecular weight excluding hydrogens is 310 g/mol. The fraction of sp³-hybridized carbons (Fsp3) is 0.176. The lowest BCUT2D eigenvalue weighted by atomic mass is 10.2. The van der Waals surface area contributed by atoms with E-state index in [9.17, 15) is 4.79 Å². The van der Waals surface area contributed by atoms with Crippen LogP contribution in [0.3, 0.4) is 0 Å². The van der Waals surface area contributed by atoms with Crippen LogP contribution in [0.4, 0.5) is 10.5 Å². The third kappa shape index (κ3) is 3.60. The molecule has 0 bridgehead atoms. The van der Waals surface area contributed by atoms with Crippen LogP contribution >= 0.6 is 11.3 Å². The number of nitrogens with zero attached hydrogens (tertiary/aromatic N) is 1. The van der Waals surface area contributed by atoms with Gasteiger partial charge in [-0.2, -0.15) is 0 Å². The zero-order valence-corrected chi connectivity index (χ0v) is 13.7. The van der Waals surface area contributed by atoms with E-state index in [-0.39, 0.29) is 6.03 Å². The minimum atomic E-state index is -0.253. The van der Waals surface area contributed by atoms with Gasteiger partial charge in [0, 0.05) is 17.8 Å². The van der Waals surface area contributed by atoms with Crippen LogP contribution in [0.5, 0.6) is 5.75 Å². The highest BCUT2D eigenvalue weighted by atomic mass is 32.1. The van der Waals surface area contributed by atoms with Gasteiger partial charge in [0.15, 0.2) is 0 Å². The summed E-state index contributed by atoms with van der Waals surface area (Å²) in [5, 5.41) is 6.68. The highest BCUT2D eigenvalue weighted by molar-refractivity contribution is 7.18. The molecule has 0 atom stereocenters. The maximum atomic E-state index is 12.1. The number of aryl methyl sites for hydroxylation is 1. The molecule has 1 heterocycles. The Morgan fingerprint density at radius 1 is 1.26 bits per heavy atom. The summed E-state index contributed by atoms with van der Waals surface area (Å²) in [4.78, 5) is 16.5. The molecule has 0 spiro atoms. The lowest BCUT2D eigenvalue weighted by Crippen LogP contribution is -2.28. The molecule has 0 aliphatic carbocycles. The van der Waals surface area contributed by atoms with E-state index in [0.717, 1.165) is 32.2 Å². The van der Waals surface area contributed by atoms with Gasteiger partial charge in [-0.05, 0) is 31.2 Å². The number of para-hydroxylation sites is 1. The van der Waals surface area contributed by atoms with Gasteiger partial charge in [-0.25, -0.2) is 9.78 Å². The molecule has 0 unspecified atom stereocenters. The first kappa shape index (κ1) is 15.3. The van der Waals surface area contributed by atoms with Gasteiger partial charge >= 0.3 is 6.03 Å². The van der Waals surface area contributed by atoms with Crippen LogP contribution in [0.15, 0.2) is 42.5 Å². The first-order valence-corrected chi connectivity index (χ1v) is 8.01. The summed E-state index contributed by atoms with van der Waals surface area (Å²) in [6, 6.07) is 13.0. The number of amides is 2. The summed E-state index contributed by atoms with van der Waals surface area (Å²) < 4.78 is 6.33. The van der Waals surface area contributed by atoms with Gasteiger partial charge in [0.1, 0.15) is 5.75 Å². The van der Waals surface area contributed by atoms with E-state index < -0.39 is 0 Å². The Balaban J connectivity index is 1.64. The van der Waals surface area contributed by atoms with Crippen molar-refractivity contribution in [1.82, 2.24) is 10.3 Å². The number of hydrogen-bond donors (Lipinski definition) is 2. The molecule has 6 heteroatoms. The van der Waals surface area contributed by atoms with E-state index in [1.165, 1.54) is 0 Å². The molecule has 0 aliphatic heterocycles. The average Bonchev–Trinajstić information content (AvgIpc) is 2.92. The minimum absolute atomic E-state index is 0.253. The maximum Gasteiger partial charge on any atom is 0.319 e. The van der Waals surface area contributed by atoms with Gasteiger partial charge in [0.2, 0.25) is 0 Å². The van der Waals surface area contributed by atoms with Crippen LogP contribution < -0.4 is 15.4 Å². The largest absolute Gasteiger partial charge is 0.496 e. The monoisotopic (exact) mass is 327 g/mol. The number of anilines is 1. The number of rotatable bonds is 4. The zero-order chi connectivity index (χ0) is 16.2. The molecule has 0 aliphatic rings. The Morgan fingerprint density at radius 2 is 2.09 bits per heavy atom. The lowest BCUT2D eigenvalue weighted by molar-refractivity contribution is 0.251. The average molecular weight is 327 g/mol. The van der Waals surface area contributed by atoms with Crippen molar-refractivity contribution in [2.24, 2.45) is 0 Å². The topological polar surface area (TPSA) is 63.2 Å². The number of carbonyl (C=O) groups excluding carboxylic acids is 1. The molecule has 0 saturated carbocycles. The Labute approximate surface area is 138 Å². The smallest absolute Gasteiger partial charge is 0.319 e. The first-order chi connectivity index (χ1) is 11.2. The summed E-state index contributed by atoms with van der Waals surface area (Å²) in [5.41, 5.74) is 2.63. The number of methoxy groups -OCH3 is 1. The summed E-state index contributed by atoms with van der Waals surface area (Å²) in [7, 11) is 1.62. The van der Waals surface area contributed by atoms with Gasteiger partial charge in [0.25, 0.3) is 0 Å². The fourth-order valence-electron chi connectivity index (χ4n) is 2.32. The second-order valence-corrected chi connectivity index (χ2v) is 6.27. The van der Waals surface area contributed by atoms with E-state index >= 15 is 0 Å². The molecule has 2 aromatic carbocycles. The summed E-state index contributed by atoms with van der Waals surface area (Å²) >= 11 is 1.61. The van der Waals surface area contributed by atoms with Gasteiger partial charge in [-0.3, -0.25) is 0 Å². The minimum Gasteiger partial charge on any atom is -0.496 e. The molecule has 0 saturated heterocycles. The van der Waals surface area contributed by atoms with Gasteiger partial charge in [-0.15, -0.1) is 11.3 Å². The predicted molar refractivity (Wildman–Crippen MR) is 93.2 cm³/mol. The van der Waals surface area contributed by atoms with E-state index in [0.29, 0.717) is 6.54 Å². The summed E-state index contributed by atoms with van der Waals surface area (Å²) in [6.45, 7) is 2.37. The number of fused-ring (bicyclic) bond motifs is 1. The second-order valence-electron chi connectivity index (χ2n) is 5.03. The van der Waals surface area contributed by atoms with Crippen molar-refractivity contribution in [2.45, 2.75) is 13.5 Å². The van der Waals surface area contributed by atoms with Gasteiger partial charge < -0.3 is 15.4 Å². The Hall–Kier alpha value is -2.60. The van der Waals surface area contributed by atoms with Crippen molar-refractivity contribution < 1.29 is 9.53 Å². The number of benzene rings is 2. The molecule has 0 radical (unpaired) electrons. The molecule has 2 N–H and O–H groups in total. The molecule has 2 amide bonds. The van der Waals surface area contributed by atoms with Crippen LogP contribution in [0.2, 0.25) is 0 Å². The SMILES string of the molecule is COc1ccccc1CNC(=O)Nc1ccc2nc(C)sc2c1. The van der Waals surface area contributed by atoms with Crippen LogP contribution in [-0.4, -0.2) is 18.1 Å². The number of nitrogens with one attached hydrogen (secondary N) is 2. The molecule has 0 fully saturated rings. The summed E-state index contributed by atoms with van der Waals surface area (Å²) in [6.07, 6.45) is 0. The Kier molecular flexibility index (Phi) is 4.43. The lowest BCUT2D eigenvalue weighted by Gasteiger charge is -2.10. The molecule has 1 aromatic heterocycles. The number of urea groups is 1. The molecule has 5 nitrogen and oxygen atoms in total. The van der Waals surface area contributed by atoms with E-state index in [1.807, 2.05) is 49.4 Å².